The third-order valence-corrected chi connectivity index (χ3v) is 6.68. The molecule has 0 aliphatic rings. The van der Waals surface area contributed by atoms with Crippen molar-refractivity contribution in [2.24, 2.45) is 0 Å². The van der Waals surface area contributed by atoms with Gasteiger partial charge in [-0.1, -0.05) is 78.9 Å². The van der Waals surface area contributed by atoms with Gasteiger partial charge >= 0.3 is 5.97 Å². The van der Waals surface area contributed by atoms with Crippen LogP contribution in [-0.2, 0) is 9.53 Å². The second kappa shape index (κ2) is 13.4. The zero-order chi connectivity index (χ0) is 27.6. The van der Waals surface area contributed by atoms with Crippen molar-refractivity contribution in [3.05, 3.63) is 120 Å². The molecule has 0 heterocycles. The molecule has 1 unspecified atom stereocenters. The molecule has 1 atom stereocenters. The zero-order valence-electron chi connectivity index (χ0n) is 22.7. The second-order valence-corrected chi connectivity index (χ2v) is 9.38. The molecule has 0 fully saturated rings. The quantitative estimate of drug-likeness (QED) is 0.236. The first-order valence-corrected chi connectivity index (χ1v) is 13.2. The van der Waals surface area contributed by atoms with E-state index in [1.807, 2.05) is 135 Å². The van der Waals surface area contributed by atoms with Gasteiger partial charge in [-0.25, -0.2) is 4.79 Å². The van der Waals surface area contributed by atoms with Crippen LogP contribution < -0.4 is 10.2 Å². The number of esters is 1. The molecule has 0 aliphatic carbocycles. The van der Waals surface area contributed by atoms with E-state index in [0.717, 1.165) is 28.1 Å². The molecular formula is C33H35N3O3. The lowest BCUT2D eigenvalue weighted by Crippen LogP contribution is -2.37. The number of hydrogen-bond acceptors (Lipinski definition) is 5. The summed E-state index contributed by atoms with van der Waals surface area (Å²) in [4.78, 5) is 30.0. The third-order valence-electron chi connectivity index (χ3n) is 6.68. The summed E-state index contributed by atoms with van der Waals surface area (Å²) in [5, 5.41) is 3.03. The van der Waals surface area contributed by atoms with Crippen LogP contribution in [-0.4, -0.2) is 50.6 Å². The van der Waals surface area contributed by atoms with Crippen molar-refractivity contribution in [2.45, 2.75) is 13.0 Å². The number of amides is 1. The Hall–Kier alpha value is -4.42. The molecule has 0 radical (unpaired) electrons. The van der Waals surface area contributed by atoms with Gasteiger partial charge in [0, 0.05) is 37.1 Å². The molecule has 0 aliphatic heterocycles. The number of rotatable bonds is 11. The van der Waals surface area contributed by atoms with Crippen molar-refractivity contribution < 1.29 is 14.3 Å². The summed E-state index contributed by atoms with van der Waals surface area (Å²) in [6.45, 7) is 3.53. The molecule has 4 aromatic rings. The predicted molar refractivity (Wildman–Crippen MR) is 158 cm³/mol. The minimum absolute atomic E-state index is 0.150. The zero-order valence-corrected chi connectivity index (χ0v) is 22.7. The molecule has 4 rings (SSSR count). The van der Waals surface area contributed by atoms with Crippen molar-refractivity contribution in [1.29, 1.82) is 0 Å². The SMILES string of the molecule is CCOC(=O)C(c1ccccc1)N(C)CCN(C)c1ccc(NC(=O)c2ccccc2-c2ccccc2)cc1. The van der Waals surface area contributed by atoms with Crippen molar-refractivity contribution >= 4 is 23.3 Å². The normalized spacial score (nSPS) is 11.6. The summed E-state index contributed by atoms with van der Waals surface area (Å²) in [6.07, 6.45) is 0. The summed E-state index contributed by atoms with van der Waals surface area (Å²) in [6, 6.07) is 34.6. The van der Waals surface area contributed by atoms with Crippen molar-refractivity contribution in [3.63, 3.8) is 0 Å². The Balaban J connectivity index is 1.38. The first-order chi connectivity index (χ1) is 19.0. The van der Waals surface area contributed by atoms with Gasteiger partial charge in [0.25, 0.3) is 5.91 Å². The van der Waals surface area contributed by atoms with E-state index in [-0.39, 0.29) is 11.9 Å². The van der Waals surface area contributed by atoms with Gasteiger partial charge in [-0.15, -0.1) is 0 Å². The number of anilines is 2. The minimum Gasteiger partial charge on any atom is -0.465 e. The maximum atomic E-state index is 13.1. The molecule has 4 aromatic carbocycles. The van der Waals surface area contributed by atoms with Gasteiger partial charge in [-0.3, -0.25) is 9.69 Å². The van der Waals surface area contributed by atoms with E-state index >= 15 is 0 Å². The molecule has 0 aromatic heterocycles. The highest BCUT2D eigenvalue weighted by molar-refractivity contribution is 6.08. The molecule has 6 heteroatoms. The van der Waals surface area contributed by atoms with E-state index in [1.54, 1.807) is 0 Å². The fraction of sp³-hybridized carbons (Fsp3) is 0.212. The average Bonchev–Trinajstić information content (AvgIpc) is 2.97. The van der Waals surface area contributed by atoms with E-state index in [2.05, 4.69) is 10.2 Å². The maximum absolute atomic E-state index is 13.1. The molecule has 0 saturated carbocycles. The Kier molecular flexibility index (Phi) is 9.48. The minimum atomic E-state index is -0.462. The van der Waals surface area contributed by atoms with Crippen LogP contribution >= 0.6 is 0 Å². The average molecular weight is 522 g/mol. The molecule has 1 amide bonds. The van der Waals surface area contributed by atoms with Crippen LogP contribution in [0.2, 0.25) is 0 Å². The Morgan fingerprint density at radius 3 is 2.05 bits per heavy atom. The van der Waals surface area contributed by atoms with Crippen LogP contribution in [0.1, 0.15) is 28.9 Å². The lowest BCUT2D eigenvalue weighted by molar-refractivity contribution is -0.149. The van der Waals surface area contributed by atoms with Crippen molar-refractivity contribution in [2.75, 3.05) is 44.0 Å². The van der Waals surface area contributed by atoms with Crippen LogP contribution in [0.5, 0.6) is 0 Å². The number of nitrogens with one attached hydrogen (secondary N) is 1. The van der Waals surface area contributed by atoms with Crippen LogP contribution in [0.4, 0.5) is 11.4 Å². The molecule has 0 spiro atoms. The van der Waals surface area contributed by atoms with E-state index in [1.165, 1.54) is 0 Å². The standard InChI is InChI=1S/C33H35N3O3/c1-4-39-33(38)31(26-15-9-6-10-16-26)36(3)24-23-35(2)28-21-19-27(20-22-28)34-32(37)30-18-12-11-17-29(30)25-13-7-5-8-14-25/h5-22,31H,4,23-24H2,1-3H3,(H,34,37). The Bertz CT molecular complexity index is 1360. The first kappa shape index (κ1) is 27.6. The monoisotopic (exact) mass is 521 g/mol. The summed E-state index contributed by atoms with van der Waals surface area (Å²) in [5.41, 5.74) is 5.18. The van der Waals surface area contributed by atoms with Crippen LogP contribution in [0.3, 0.4) is 0 Å². The van der Waals surface area contributed by atoms with Crippen LogP contribution in [0, 0.1) is 0 Å². The highest BCUT2D eigenvalue weighted by atomic mass is 16.5. The van der Waals surface area contributed by atoms with Gasteiger partial charge in [-0.05, 0) is 61.0 Å². The number of benzene rings is 4. The smallest absolute Gasteiger partial charge is 0.327 e. The first-order valence-electron chi connectivity index (χ1n) is 13.2. The van der Waals surface area contributed by atoms with Gasteiger partial charge in [0.2, 0.25) is 0 Å². The van der Waals surface area contributed by atoms with E-state index in [9.17, 15) is 9.59 Å². The highest BCUT2D eigenvalue weighted by Gasteiger charge is 2.26. The third kappa shape index (κ3) is 7.12. The molecule has 39 heavy (non-hydrogen) atoms. The predicted octanol–water partition coefficient (Wildman–Crippen LogP) is 6.28. The van der Waals surface area contributed by atoms with E-state index in [4.69, 9.17) is 4.74 Å². The number of carbonyl (C=O) groups excluding carboxylic acids is 2. The van der Waals surface area contributed by atoms with Crippen LogP contribution in [0.25, 0.3) is 11.1 Å². The Morgan fingerprint density at radius 1 is 0.769 bits per heavy atom. The number of carbonyl (C=O) groups is 2. The van der Waals surface area contributed by atoms with Gasteiger partial charge in [0.05, 0.1) is 6.61 Å². The van der Waals surface area contributed by atoms with Crippen LogP contribution in [0.15, 0.2) is 109 Å². The number of hydrogen-bond donors (Lipinski definition) is 1. The Labute approximate surface area is 230 Å². The summed E-state index contributed by atoms with van der Waals surface area (Å²) in [7, 11) is 3.95. The lowest BCUT2D eigenvalue weighted by Gasteiger charge is -2.29. The summed E-state index contributed by atoms with van der Waals surface area (Å²) in [5.74, 6) is -0.397. The van der Waals surface area contributed by atoms with Crippen molar-refractivity contribution in [1.82, 2.24) is 4.90 Å². The summed E-state index contributed by atoms with van der Waals surface area (Å²) >= 11 is 0. The summed E-state index contributed by atoms with van der Waals surface area (Å²) < 4.78 is 5.35. The largest absolute Gasteiger partial charge is 0.465 e. The van der Waals surface area contributed by atoms with E-state index in [0.29, 0.717) is 25.3 Å². The lowest BCUT2D eigenvalue weighted by atomic mass is 9.99. The van der Waals surface area contributed by atoms with Gasteiger partial charge in [0.15, 0.2) is 0 Å². The molecule has 0 bridgehead atoms. The van der Waals surface area contributed by atoms with Gasteiger partial charge < -0.3 is 15.0 Å². The molecule has 6 nitrogen and oxygen atoms in total. The second-order valence-electron chi connectivity index (χ2n) is 9.38. The fourth-order valence-electron chi connectivity index (χ4n) is 4.54. The van der Waals surface area contributed by atoms with Gasteiger partial charge in [-0.2, -0.15) is 0 Å². The fourth-order valence-corrected chi connectivity index (χ4v) is 4.54. The number of likely N-dealkylation sites (N-methyl/N-ethyl adjacent to an activating group) is 2. The van der Waals surface area contributed by atoms with E-state index < -0.39 is 6.04 Å². The topological polar surface area (TPSA) is 61.9 Å². The number of ether oxygens (including phenoxy) is 1. The Morgan fingerprint density at radius 2 is 1.38 bits per heavy atom. The molecule has 0 saturated heterocycles. The molecule has 200 valence electrons. The highest BCUT2D eigenvalue weighted by Crippen LogP contribution is 2.25. The van der Waals surface area contributed by atoms with Crippen molar-refractivity contribution in [3.8, 4) is 11.1 Å². The molecular weight excluding hydrogens is 486 g/mol. The molecule has 1 N–H and O–H groups in total. The maximum Gasteiger partial charge on any atom is 0.327 e. The van der Waals surface area contributed by atoms with Gasteiger partial charge in [0.1, 0.15) is 6.04 Å². The number of nitrogens with zero attached hydrogens (tertiary/aromatic N) is 2.